The molecule has 0 radical (unpaired) electrons. The van der Waals surface area contributed by atoms with Gasteiger partial charge in [-0.2, -0.15) is 13.2 Å². The zero-order valence-electron chi connectivity index (χ0n) is 29.4. The van der Waals surface area contributed by atoms with Crippen molar-refractivity contribution in [3.8, 4) is 16.9 Å². The zero-order valence-corrected chi connectivity index (χ0v) is 29.4. The molecule has 0 aliphatic carbocycles. The lowest BCUT2D eigenvalue weighted by Gasteiger charge is -2.38. The molecule has 2 aromatic carbocycles. The van der Waals surface area contributed by atoms with E-state index in [4.69, 9.17) is 9.47 Å². The molecule has 3 aromatic rings. The van der Waals surface area contributed by atoms with Gasteiger partial charge in [0.15, 0.2) is 0 Å². The Kier molecular flexibility index (Phi) is 12.2. The number of rotatable bonds is 14. The van der Waals surface area contributed by atoms with Crippen molar-refractivity contribution in [1.29, 1.82) is 0 Å². The zero-order chi connectivity index (χ0) is 37.1. The second-order valence-electron chi connectivity index (χ2n) is 13.4. The Labute approximate surface area is 289 Å². The summed E-state index contributed by atoms with van der Waals surface area (Å²) in [6.07, 6.45) is -4.41. The average molecular weight is 704 g/mol. The molecule has 2 N–H and O–H groups in total. The molecular formula is C37H45F4N3O6. The summed E-state index contributed by atoms with van der Waals surface area (Å²) in [5, 5.41) is 12.5. The number of hydrogen-bond acceptors (Lipinski definition) is 6. The number of aryl methyl sites for hydroxylation is 2. The number of halogens is 4. The third-order valence-electron chi connectivity index (χ3n) is 9.24. The molecule has 1 aliphatic heterocycles. The summed E-state index contributed by atoms with van der Waals surface area (Å²) in [5.74, 6) is -2.45. The monoisotopic (exact) mass is 703 g/mol. The van der Waals surface area contributed by atoms with Gasteiger partial charge >= 0.3 is 12.1 Å². The molecule has 1 aliphatic rings. The quantitative estimate of drug-likeness (QED) is 0.187. The molecule has 2 atom stereocenters. The first-order chi connectivity index (χ1) is 23.4. The number of hydrogen-bond donors (Lipinski definition) is 2. The van der Waals surface area contributed by atoms with Crippen LogP contribution in [0, 0.1) is 32.5 Å². The molecule has 2 heterocycles. The lowest BCUT2D eigenvalue weighted by Crippen LogP contribution is -2.52. The largest absolute Gasteiger partial charge is 0.496 e. The minimum absolute atomic E-state index is 0.00166. The first kappa shape index (κ1) is 38.6. The molecule has 1 fully saturated rings. The summed E-state index contributed by atoms with van der Waals surface area (Å²) in [4.78, 5) is 41.4. The molecule has 0 saturated carbocycles. The number of carbonyl (C=O) groups excluding carboxylic acids is 1. The molecule has 0 bridgehead atoms. The summed E-state index contributed by atoms with van der Waals surface area (Å²) in [6, 6.07) is 4.61. The molecule has 13 heteroatoms. The van der Waals surface area contributed by atoms with Crippen molar-refractivity contribution in [3.63, 3.8) is 0 Å². The molecule has 50 heavy (non-hydrogen) atoms. The van der Waals surface area contributed by atoms with Crippen LogP contribution in [0.3, 0.4) is 0 Å². The molecule has 1 amide bonds. The number of aromatic nitrogens is 1. The number of pyridine rings is 1. The molecule has 1 saturated heterocycles. The van der Waals surface area contributed by atoms with E-state index in [1.165, 1.54) is 20.1 Å². The number of amides is 1. The van der Waals surface area contributed by atoms with Crippen LogP contribution >= 0.6 is 0 Å². The number of carbonyl (C=O) groups is 2. The van der Waals surface area contributed by atoms with Gasteiger partial charge < -0.3 is 24.5 Å². The predicted molar refractivity (Wildman–Crippen MR) is 181 cm³/mol. The van der Waals surface area contributed by atoms with E-state index in [1.807, 2.05) is 30.9 Å². The van der Waals surface area contributed by atoms with E-state index in [1.54, 1.807) is 27.0 Å². The van der Waals surface area contributed by atoms with Crippen molar-refractivity contribution < 1.29 is 41.7 Å². The van der Waals surface area contributed by atoms with Crippen LogP contribution in [0.15, 0.2) is 41.3 Å². The van der Waals surface area contributed by atoms with Crippen LogP contribution in [0.1, 0.15) is 72.2 Å². The van der Waals surface area contributed by atoms with Crippen molar-refractivity contribution in [1.82, 2.24) is 14.8 Å². The van der Waals surface area contributed by atoms with Gasteiger partial charge in [-0.1, -0.05) is 19.9 Å². The maximum atomic E-state index is 15.9. The van der Waals surface area contributed by atoms with Crippen molar-refractivity contribution in [2.75, 3.05) is 33.9 Å². The minimum Gasteiger partial charge on any atom is -0.496 e. The highest BCUT2D eigenvalue weighted by molar-refractivity contribution is 5.82. The predicted octanol–water partition coefficient (Wildman–Crippen LogP) is 6.40. The lowest BCUT2D eigenvalue weighted by molar-refractivity contribution is -0.139. The van der Waals surface area contributed by atoms with Gasteiger partial charge in [0.2, 0.25) is 5.91 Å². The van der Waals surface area contributed by atoms with E-state index >= 15 is 4.39 Å². The van der Waals surface area contributed by atoms with Gasteiger partial charge in [-0.15, -0.1) is 0 Å². The smallest absolute Gasteiger partial charge is 0.416 e. The third-order valence-corrected chi connectivity index (χ3v) is 9.24. The van der Waals surface area contributed by atoms with Gasteiger partial charge in [-0.05, 0) is 91.1 Å². The normalized spacial score (nSPS) is 15.1. The van der Waals surface area contributed by atoms with Crippen molar-refractivity contribution in [2.45, 2.75) is 78.2 Å². The highest BCUT2D eigenvalue weighted by atomic mass is 19.4. The Morgan fingerprint density at radius 1 is 1.06 bits per heavy atom. The Hall–Kier alpha value is -4.23. The SMILES string of the molecule is COc1ccc(C)c(-c2cc(C)c(F)c([C@H](CC(=O)O)NC(=O)C(CC(C)C)n3cc(CCN4CC(OC)C4)c(C(F)(F)F)cc3=O)c2)c1C. The highest BCUT2D eigenvalue weighted by Crippen LogP contribution is 2.37. The Balaban J connectivity index is 1.76. The summed E-state index contributed by atoms with van der Waals surface area (Å²) < 4.78 is 69.9. The van der Waals surface area contributed by atoms with E-state index in [0.29, 0.717) is 30.5 Å². The molecule has 1 aromatic heterocycles. The number of carboxylic acid groups (broad SMARTS) is 1. The standard InChI is InChI=1S/C37H45F4N3O6/c1-20(2)12-30(44-17-24(10-11-43-18-26(19-43)49-6)28(15-32(44)45)37(39,40)41)36(48)42-29(16-33(46)47)27-14-25(13-22(4)35(27)38)34-21(3)8-9-31(50-7)23(34)5/h8-9,13-15,17,20,26,29-30H,10-12,16,18-19H2,1-7H3,(H,42,48)(H,46,47)/t29-,30?/m0/s1. The first-order valence-electron chi connectivity index (χ1n) is 16.5. The molecule has 272 valence electrons. The Morgan fingerprint density at radius 3 is 2.32 bits per heavy atom. The molecule has 4 rings (SSSR count). The van der Waals surface area contributed by atoms with Gasteiger partial charge in [0.05, 0.1) is 31.2 Å². The fourth-order valence-corrected chi connectivity index (χ4v) is 6.59. The highest BCUT2D eigenvalue weighted by Gasteiger charge is 2.37. The second kappa shape index (κ2) is 15.8. The van der Waals surface area contributed by atoms with E-state index < -0.39 is 53.5 Å². The number of carboxylic acids is 1. The summed E-state index contributed by atoms with van der Waals surface area (Å²) in [6.45, 7) is 10.2. The van der Waals surface area contributed by atoms with Crippen LogP contribution in [0.25, 0.3) is 11.1 Å². The van der Waals surface area contributed by atoms with Gasteiger partial charge in [0.1, 0.15) is 17.6 Å². The topological polar surface area (TPSA) is 110 Å². The van der Waals surface area contributed by atoms with Gasteiger partial charge in [0.25, 0.3) is 5.56 Å². The average Bonchev–Trinajstić information content (AvgIpc) is 3.00. The molecular weight excluding hydrogens is 658 g/mol. The minimum atomic E-state index is -4.81. The van der Waals surface area contributed by atoms with E-state index in [0.717, 1.165) is 27.5 Å². The van der Waals surface area contributed by atoms with Crippen molar-refractivity contribution >= 4 is 11.9 Å². The number of aliphatic carboxylic acids is 1. The van der Waals surface area contributed by atoms with Gasteiger partial charge in [0, 0.05) is 44.6 Å². The number of methoxy groups -OCH3 is 2. The number of alkyl halides is 3. The first-order valence-corrected chi connectivity index (χ1v) is 16.5. The van der Waals surface area contributed by atoms with Crippen LogP contribution < -0.4 is 15.6 Å². The Morgan fingerprint density at radius 2 is 1.74 bits per heavy atom. The number of benzene rings is 2. The second-order valence-corrected chi connectivity index (χ2v) is 13.4. The van der Waals surface area contributed by atoms with Crippen molar-refractivity contribution in [3.05, 3.63) is 86.1 Å². The van der Waals surface area contributed by atoms with E-state index in [9.17, 15) is 32.7 Å². The fraction of sp³-hybridized carbons (Fsp3) is 0.486. The van der Waals surface area contributed by atoms with E-state index in [-0.39, 0.29) is 48.1 Å². The van der Waals surface area contributed by atoms with Crippen LogP contribution in [-0.4, -0.2) is 66.4 Å². The van der Waals surface area contributed by atoms with Crippen LogP contribution in [0.5, 0.6) is 5.75 Å². The maximum absolute atomic E-state index is 15.9. The van der Waals surface area contributed by atoms with Crippen molar-refractivity contribution in [2.24, 2.45) is 5.92 Å². The molecule has 9 nitrogen and oxygen atoms in total. The number of nitrogens with zero attached hydrogens (tertiary/aromatic N) is 2. The molecule has 0 spiro atoms. The molecule has 1 unspecified atom stereocenters. The van der Waals surface area contributed by atoms with Crippen LogP contribution in [-0.2, 0) is 26.9 Å². The summed E-state index contributed by atoms with van der Waals surface area (Å²) in [5.41, 5.74) is 0.854. The maximum Gasteiger partial charge on any atom is 0.416 e. The van der Waals surface area contributed by atoms with Gasteiger partial charge in [-0.25, -0.2) is 4.39 Å². The summed E-state index contributed by atoms with van der Waals surface area (Å²) >= 11 is 0. The fourth-order valence-electron chi connectivity index (χ4n) is 6.59. The number of ether oxygens (including phenoxy) is 2. The summed E-state index contributed by atoms with van der Waals surface area (Å²) in [7, 11) is 3.10. The lowest BCUT2D eigenvalue weighted by atomic mass is 9.90. The third kappa shape index (κ3) is 8.73. The van der Waals surface area contributed by atoms with Gasteiger partial charge in [-0.3, -0.25) is 19.3 Å². The number of likely N-dealkylation sites (tertiary alicyclic amines) is 1. The van der Waals surface area contributed by atoms with Crippen LogP contribution in [0.2, 0.25) is 0 Å². The number of nitrogens with one attached hydrogen (secondary N) is 1. The van der Waals surface area contributed by atoms with E-state index in [2.05, 4.69) is 5.32 Å². The van der Waals surface area contributed by atoms with Crippen LogP contribution in [0.4, 0.5) is 17.6 Å². The Bertz CT molecular complexity index is 1780.